The number of aromatic nitrogens is 1. The summed E-state index contributed by atoms with van der Waals surface area (Å²) in [7, 11) is 0. The van der Waals surface area contributed by atoms with Gasteiger partial charge >= 0.3 is 0 Å². The minimum absolute atomic E-state index is 0.563. The molecule has 1 aromatic carbocycles. The number of hydrogen-bond acceptors (Lipinski definition) is 3. The van der Waals surface area contributed by atoms with Crippen LogP contribution in [0.3, 0.4) is 0 Å². The molecule has 4 rings (SSSR count). The van der Waals surface area contributed by atoms with Crippen LogP contribution in [0.15, 0.2) is 48.5 Å². The molecule has 0 spiro atoms. The summed E-state index contributed by atoms with van der Waals surface area (Å²) in [5, 5.41) is 11.0. The highest BCUT2D eigenvalue weighted by Crippen LogP contribution is 2.49. The maximum absolute atomic E-state index is 11.0. The van der Waals surface area contributed by atoms with Crippen molar-refractivity contribution in [2.24, 2.45) is 11.8 Å². The molecule has 2 unspecified atom stereocenters. The number of nitrogens with zero attached hydrogens (tertiary/aromatic N) is 2. The van der Waals surface area contributed by atoms with Gasteiger partial charge in [0, 0.05) is 18.8 Å². The molecule has 1 aromatic heterocycles. The van der Waals surface area contributed by atoms with Crippen LogP contribution in [0.5, 0.6) is 0 Å². The van der Waals surface area contributed by atoms with E-state index in [0.717, 1.165) is 43.0 Å². The maximum atomic E-state index is 11.0. The Hall–Kier alpha value is -1.87. The number of aryl methyl sites for hydroxylation is 1. The van der Waals surface area contributed by atoms with Crippen LogP contribution in [-0.4, -0.2) is 23.2 Å². The van der Waals surface area contributed by atoms with Gasteiger partial charge in [0.05, 0.1) is 5.60 Å². The van der Waals surface area contributed by atoms with Crippen molar-refractivity contribution < 1.29 is 5.11 Å². The van der Waals surface area contributed by atoms with E-state index in [1.165, 1.54) is 0 Å². The quantitative estimate of drug-likeness (QED) is 0.924. The van der Waals surface area contributed by atoms with E-state index >= 15 is 0 Å². The Labute approximate surface area is 131 Å². The lowest BCUT2D eigenvalue weighted by Crippen LogP contribution is -2.28. The second-order valence-corrected chi connectivity index (χ2v) is 6.87. The number of benzene rings is 1. The van der Waals surface area contributed by atoms with Crippen LogP contribution in [0.4, 0.5) is 5.82 Å². The number of fused-ring (bicyclic) bond motifs is 1. The van der Waals surface area contributed by atoms with E-state index in [2.05, 4.69) is 34.1 Å². The molecule has 1 aliphatic carbocycles. The van der Waals surface area contributed by atoms with Crippen LogP contribution >= 0.6 is 0 Å². The average Bonchev–Trinajstić information content (AvgIpc) is 3.04. The topological polar surface area (TPSA) is 36.4 Å². The van der Waals surface area contributed by atoms with Gasteiger partial charge in [0.2, 0.25) is 0 Å². The van der Waals surface area contributed by atoms with Crippen molar-refractivity contribution in [3.63, 3.8) is 0 Å². The fourth-order valence-corrected chi connectivity index (χ4v) is 4.23. The summed E-state index contributed by atoms with van der Waals surface area (Å²) in [6, 6.07) is 16.4. The largest absolute Gasteiger partial charge is 0.385 e. The molecule has 114 valence electrons. The molecule has 1 saturated heterocycles. The Kier molecular flexibility index (Phi) is 3.19. The minimum atomic E-state index is -0.636. The molecule has 2 aliphatic rings. The lowest BCUT2D eigenvalue weighted by atomic mass is 9.90. The Morgan fingerprint density at radius 2 is 1.68 bits per heavy atom. The van der Waals surface area contributed by atoms with Crippen LogP contribution in [0, 0.1) is 18.8 Å². The van der Waals surface area contributed by atoms with Crippen molar-refractivity contribution >= 4 is 5.82 Å². The van der Waals surface area contributed by atoms with Gasteiger partial charge in [0.15, 0.2) is 0 Å². The molecule has 0 amide bonds. The highest BCUT2D eigenvalue weighted by molar-refractivity contribution is 5.41. The van der Waals surface area contributed by atoms with Gasteiger partial charge in [-0.25, -0.2) is 4.98 Å². The molecule has 2 fully saturated rings. The molecule has 1 saturated carbocycles. The second-order valence-electron chi connectivity index (χ2n) is 6.87. The van der Waals surface area contributed by atoms with Crippen molar-refractivity contribution in [1.82, 2.24) is 4.98 Å². The predicted octanol–water partition coefficient (Wildman–Crippen LogP) is 3.12. The van der Waals surface area contributed by atoms with Crippen LogP contribution in [-0.2, 0) is 5.60 Å². The lowest BCUT2D eigenvalue weighted by Gasteiger charge is -2.27. The molecule has 0 radical (unpaired) electrons. The summed E-state index contributed by atoms with van der Waals surface area (Å²) >= 11 is 0. The Balaban J connectivity index is 1.51. The molecule has 3 nitrogen and oxygen atoms in total. The van der Waals surface area contributed by atoms with Crippen molar-refractivity contribution in [3.05, 3.63) is 59.8 Å². The summed E-state index contributed by atoms with van der Waals surface area (Å²) in [6.07, 6.45) is 1.73. The first kappa shape index (κ1) is 13.8. The number of aliphatic hydroxyl groups is 1. The first-order valence-electron chi connectivity index (χ1n) is 8.11. The SMILES string of the molecule is Cc1cccc(N2CC3CC(O)(c4ccccc4)CC3C2)n1. The maximum Gasteiger partial charge on any atom is 0.128 e. The summed E-state index contributed by atoms with van der Waals surface area (Å²) < 4.78 is 0. The average molecular weight is 294 g/mol. The van der Waals surface area contributed by atoms with Gasteiger partial charge in [0.1, 0.15) is 5.82 Å². The van der Waals surface area contributed by atoms with Gasteiger partial charge in [-0.05, 0) is 49.3 Å². The second kappa shape index (κ2) is 5.10. The third kappa shape index (κ3) is 2.30. The van der Waals surface area contributed by atoms with E-state index in [9.17, 15) is 5.11 Å². The van der Waals surface area contributed by atoms with Crippen molar-refractivity contribution in [3.8, 4) is 0 Å². The van der Waals surface area contributed by atoms with E-state index in [1.807, 2.05) is 31.2 Å². The number of hydrogen-bond donors (Lipinski definition) is 1. The highest BCUT2D eigenvalue weighted by atomic mass is 16.3. The first-order valence-corrected chi connectivity index (χ1v) is 8.11. The molecule has 3 heteroatoms. The lowest BCUT2D eigenvalue weighted by molar-refractivity contribution is 0.0365. The Morgan fingerprint density at radius 3 is 2.32 bits per heavy atom. The molecular formula is C19H22N2O. The van der Waals surface area contributed by atoms with Gasteiger partial charge < -0.3 is 10.0 Å². The Morgan fingerprint density at radius 1 is 1.00 bits per heavy atom. The van der Waals surface area contributed by atoms with E-state index in [0.29, 0.717) is 11.8 Å². The number of pyridine rings is 1. The number of rotatable bonds is 2. The summed E-state index contributed by atoms with van der Waals surface area (Å²) in [5.74, 6) is 2.21. The van der Waals surface area contributed by atoms with Gasteiger partial charge in [-0.1, -0.05) is 36.4 Å². The van der Waals surface area contributed by atoms with Crippen LogP contribution in [0.25, 0.3) is 0 Å². The molecular weight excluding hydrogens is 272 g/mol. The highest BCUT2D eigenvalue weighted by Gasteiger charge is 2.49. The predicted molar refractivity (Wildman–Crippen MR) is 87.7 cm³/mol. The van der Waals surface area contributed by atoms with E-state index in [-0.39, 0.29) is 0 Å². The molecule has 0 bridgehead atoms. The Bertz CT molecular complexity index is 656. The first-order chi connectivity index (χ1) is 10.6. The normalized spacial score (nSPS) is 30.5. The van der Waals surface area contributed by atoms with Gasteiger partial charge in [0.25, 0.3) is 0 Å². The zero-order valence-corrected chi connectivity index (χ0v) is 12.9. The zero-order valence-electron chi connectivity index (χ0n) is 12.9. The van der Waals surface area contributed by atoms with Crippen molar-refractivity contribution in [2.45, 2.75) is 25.4 Å². The smallest absolute Gasteiger partial charge is 0.128 e. The fourth-order valence-electron chi connectivity index (χ4n) is 4.23. The number of anilines is 1. The third-order valence-corrected chi connectivity index (χ3v) is 5.28. The van der Waals surface area contributed by atoms with Crippen molar-refractivity contribution in [1.29, 1.82) is 0 Å². The molecule has 2 atom stereocenters. The van der Waals surface area contributed by atoms with Gasteiger partial charge in [-0.15, -0.1) is 0 Å². The molecule has 1 N–H and O–H groups in total. The molecule has 1 aliphatic heterocycles. The molecule has 2 heterocycles. The van der Waals surface area contributed by atoms with Crippen LogP contribution < -0.4 is 4.90 Å². The van der Waals surface area contributed by atoms with Crippen LogP contribution in [0.2, 0.25) is 0 Å². The summed E-state index contributed by atoms with van der Waals surface area (Å²) in [6.45, 7) is 4.06. The minimum Gasteiger partial charge on any atom is -0.385 e. The van der Waals surface area contributed by atoms with Crippen molar-refractivity contribution in [2.75, 3.05) is 18.0 Å². The fraction of sp³-hybridized carbons (Fsp3) is 0.421. The molecule has 22 heavy (non-hydrogen) atoms. The zero-order chi connectivity index (χ0) is 15.2. The van der Waals surface area contributed by atoms with Gasteiger partial charge in [-0.3, -0.25) is 0 Å². The van der Waals surface area contributed by atoms with E-state index < -0.39 is 5.60 Å². The van der Waals surface area contributed by atoms with Crippen LogP contribution in [0.1, 0.15) is 24.1 Å². The van der Waals surface area contributed by atoms with Gasteiger partial charge in [-0.2, -0.15) is 0 Å². The third-order valence-electron chi connectivity index (χ3n) is 5.28. The van der Waals surface area contributed by atoms with E-state index in [1.54, 1.807) is 0 Å². The van der Waals surface area contributed by atoms with E-state index in [4.69, 9.17) is 0 Å². The molecule has 2 aromatic rings. The standard InChI is InChI=1S/C19H22N2O/c1-14-6-5-9-18(20-14)21-12-15-10-19(22,11-16(15)13-21)17-7-3-2-4-8-17/h2-9,15-16,22H,10-13H2,1H3. The monoisotopic (exact) mass is 294 g/mol. The summed E-state index contributed by atoms with van der Waals surface area (Å²) in [5.41, 5.74) is 1.50. The summed E-state index contributed by atoms with van der Waals surface area (Å²) in [4.78, 5) is 7.02.